The maximum atomic E-state index is 12.7. The van der Waals surface area contributed by atoms with Gasteiger partial charge < -0.3 is 19.7 Å². The third-order valence-electron chi connectivity index (χ3n) is 5.26. The predicted molar refractivity (Wildman–Crippen MR) is 124 cm³/mol. The number of piperidine rings is 1. The largest absolute Gasteiger partial charge is 0.497 e. The van der Waals surface area contributed by atoms with Crippen LogP contribution in [0.2, 0.25) is 0 Å². The minimum absolute atomic E-state index is 0.119. The number of nitrogens with zero attached hydrogens (tertiary/aromatic N) is 5. The van der Waals surface area contributed by atoms with Crippen molar-refractivity contribution in [2.45, 2.75) is 24.4 Å². The Labute approximate surface area is 191 Å². The number of benzene rings is 2. The number of nitrogens with one attached hydrogen (secondary N) is 1. The van der Waals surface area contributed by atoms with E-state index in [0.29, 0.717) is 22.3 Å². The molecule has 0 aliphatic carbocycles. The molecule has 0 radical (unpaired) electrons. The second-order valence-electron chi connectivity index (χ2n) is 7.31. The molecule has 2 aromatic carbocycles. The lowest BCUT2D eigenvalue weighted by Gasteiger charge is -2.30. The summed E-state index contributed by atoms with van der Waals surface area (Å²) in [7, 11) is 3.17. The Hall–Kier alpha value is -3.27. The van der Waals surface area contributed by atoms with Gasteiger partial charge in [-0.3, -0.25) is 4.79 Å². The van der Waals surface area contributed by atoms with Crippen LogP contribution in [0.3, 0.4) is 0 Å². The molecule has 1 fully saturated rings. The molecule has 9 nitrogen and oxygen atoms in total. The summed E-state index contributed by atoms with van der Waals surface area (Å²) < 4.78 is 12.3. The third kappa shape index (κ3) is 4.96. The average Bonchev–Trinajstić information content (AvgIpc) is 3.31. The van der Waals surface area contributed by atoms with Crippen LogP contribution in [0.4, 0.5) is 11.4 Å². The van der Waals surface area contributed by atoms with Gasteiger partial charge in [0.15, 0.2) is 0 Å². The number of tetrazole rings is 1. The first kappa shape index (κ1) is 21.9. The van der Waals surface area contributed by atoms with Crippen LogP contribution in [0.1, 0.15) is 19.3 Å². The molecule has 0 unspecified atom stereocenters. The number of para-hydroxylation sites is 2. The van der Waals surface area contributed by atoms with Gasteiger partial charge in [-0.2, -0.15) is 4.68 Å². The van der Waals surface area contributed by atoms with Crippen molar-refractivity contribution < 1.29 is 14.3 Å². The first-order valence-electron chi connectivity index (χ1n) is 10.5. The van der Waals surface area contributed by atoms with Crippen molar-refractivity contribution in [2.75, 3.05) is 43.3 Å². The van der Waals surface area contributed by atoms with E-state index in [1.165, 1.54) is 31.0 Å². The number of hydrogen-bond donors (Lipinski definition) is 1. The lowest BCUT2D eigenvalue weighted by Crippen LogP contribution is -2.30. The summed E-state index contributed by atoms with van der Waals surface area (Å²) in [5.74, 6) is 1.30. The summed E-state index contributed by atoms with van der Waals surface area (Å²) in [4.78, 5) is 15.1. The molecule has 1 aliphatic heterocycles. The maximum Gasteiger partial charge on any atom is 0.234 e. The van der Waals surface area contributed by atoms with E-state index < -0.39 is 0 Å². The van der Waals surface area contributed by atoms with Crippen molar-refractivity contribution in [1.29, 1.82) is 0 Å². The quantitative estimate of drug-likeness (QED) is 0.518. The molecule has 0 bridgehead atoms. The number of aromatic nitrogens is 4. The number of rotatable bonds is 8. The standard InChI is InChI=1S/C22H26N6O3S/c1-30-16-10-11-20(31-2)19(14-16)28-22(24-25-26-28)32-15-21(29)23-17-8-4-5-9-18(17)27-12-6-3-7-13-27/h4-5,8-11,14H,3,6-7,12-13,15H2,1-2H3,(H,23,29). The number of thioether (sulfide) groups is 1. The molecule has 32 heavy (non-hydrogen) atoms. The fourth-order valence-electron chi connectivity index (χ4n) is 3.69. The van der Waals surface area contributed by atoms with Gasteiger partial charge in [-0.05, 0) is 54.0 Å². The number of methoxy groups -OCH3 is 2. The molecule has 1 aliphatic rings. The number of carbonyl (C=O) groups is 1. The fraction of sp³-hybridized carbons (Fsp3) is 0.364. The van der Waals surface area contributed by atoms with E-state index >= 15 is 0 Å². The van der Waals surface area contributed by atoms with E-state index in [1.54, 1.807) is 37.1 Å². The van der Waals surface area contributed by atoms with Gasteiger partial charge in [0.05, 0.1) is 31.3 Å². The lowest BCUT2D eigenvalue weighted by molar-refractivity contribution is -0.113. The molecule has 168 valence electrons. The second-order valence-corrected chi connectivity index (χ2v) is 8.26. The number of carbonyl (C=O) groups excluding carboxylic acids is 1. The molecule has 1 amide bonds. The van der Waals surface area contributed by atoms with Gasteiger partial charge >= 0.3 is 0 Å². The SMILES string of the molecule is COc1ccc(OC)c(-n2nnnc2SCC(=O)Nc2ccccc2N2CCCCC2)c1. The van der Waals surface area contributed by atoms with Gasteiger partial charge in [0.1, 0.15) is 17.2 Å². The number of ether oxygens (including phenoxy) is 2. The summed E-state index contributed by atoms with van der Waals surface area (Å²) in [6, 6.07) is 13.3. The Morgan fingerprint density at radius 1 is 1.06 bits per heavy atom. The highest BCUT2D eigenvalue weighted by atomic mass is 32.2. The topological polar surface area (TPSA) is 94.4 Å². The number of hydrogen-bond acceptors (Lipinski definition) is 8. The van der Waals surface area contributed by atoms with Crippen molar-refractivity contribution in [2.24, 2.45) is 0 Å². The zero-order valence-electron chi connectivity index (χ0n) is 18.2. The van der Waals surface area contributed by atoms with Gasteiger partial charge in [-0.1, -0.05) is 23.9 Å². The van der Waals surface area contributed by atoms with Crippen molar-refractivity contribution in [3.63, 3.8) is 0 Å². The molecule has 1 N–H and O–H groups in total. The normalized spacial score (nSPS) is 13.6. The molecule has 1 aromatic heterocycles. The van der Waals surface area contributed by atoms with E-state index in [2.05, 4.69) is 31.8 Å². The monoisotopic (exact) mass is 454 g/mol. The van der Waals surface area contributed by atoms with Crippen LogP contribution < -0.4 is 19.7 Å². The van der Waals surface area contributed by atoms with Crippen LogP contribution in [0.25, 0.3) is 5.69 Å². The second kappa shape index (κ2) is 10.4. The van der Waals surface area contributed by atoms with E-state index in [4.69, 9.17) is 9.47 Å². The Balaban J connectivity index is 1.45. The molecule has 2 heterocycles. The van der Waals surface area contributed by atoms with Gasteiger partial charge in [-0.15, -0.1) is 5.10 Å². The molecular weight excluding hydrogens is 428 g/mol. The van der Waals surface area contributed by atoms with E-state index in [9.17, 15) is 4.79 Å². The van der Waals surface area contributed by atoms with Crippen LogP contribution in [0, 0.1) is 0 Å². The highest BCUT2D eigenvalue weighted by Gasteiger charge is 2.18. The molecule has 0 atom stereocenters. The van der Waals surface area contributed by atoms with E-state index in [-0.39, 0.29) is 11.7 Å². The van der Waals surface area contributed by atoms with Gasteiger partial charge in [0.2, 0.25) is 11.1 Å². The molecular formula is C22H26N6O3S. The Kier molecular flexibility index (Phi) is 7.10. The first-order valence-corrected chi connectivity index (χ1v) is 11.5. The van der Waals surface area contributed by atoms with Crippen molar-refractivity contribution in [3.8, 4) is 17.2 Å². The lowest BCUT2D eigenvalue weighted by atomic mass is 10.1. The van der Waals surface area contributed by atoms with Gasteiger partial charge in [0, 0.05) is 19.2 Å². The van der Waals surface area contributed by atoms with Crippen molar-refractivity contribution in [3.05, 3.63) is 42.5 Å². The molecule has 3 aromatic rings. The summed E-state index contributed by atoms with van der Waals surface area (Å²) in [6.07, 6.45) is 3.61. The van der Waals surface area contributed by atoms with Crippen LogP contribution in [0.15, 0.2) is 47.6 Å². The summed E-state index contributed by atoms with van der Waals surface area (Å²) in [6.45, 7) is 2.03. The van der Waals surface area contributed by atoms with Gasteiger partial charge in [0.25, 0.3) is 0 Å². The average molecular weight is 455 g/mol. The zero-order chi connectivity index (χ0) is 22.3. The van der Waals surface area contributed by atoms with Crippen LogP contribution in [-0.4, -0.2) is 59.2 Å². The Morgan fingerprint density at radius 2 is 1.88 bits per heavy atom. The summed E-state index contributed by atoms with van der Waals surface area (Å²) in [5.41, 5.74) is 2.53. The number of amides is 1. The molecule has 10 heteroatoms. The molecule has 0 saturated carbocycles. The summed E-state index contributed by atoms with van der Waals surface area (Å²) >= 11 is 1.25. The van der Waals surface area contributed by atoms with Crippen LogP contribution >= 0.6 is 11.8 Å². The smallest absolute Gasteiger partial charge is 0.234 e. The van der Waals surface area contributed by atoms with Crippen LogP contribution in [-0.2, 0) is 4.79 Å². The highest BCUT2D eigenvalue weighted by molar-refractivity contribution is 7.99. The van der Waals surface area contributed by atoms with E-state index in [0.717, 1.165) is 24.5 Å². The molecule has 4 rings (SSSR count). The van der Waals surface area contributed by atoms with Crippen molar-refractivity contribution in [1.82, 2.24) is 20.2 Å². The third-order valence-corrected chi connectivity index (χ3v) is 6.18. The first-order chi connectivity index (χ1) is 15.7. The van der Waals surface area contributed by atoms with Crippen LogP contribution in [0.5, 0.6) is 11.5 Å². The minimum Gasteiger partial charge on any atom is -0.497 e. The minimum atomic E-state index is -0.119. The molecule has 1 saturated heterocycles. The molecule has 0 spiro atoms. The zero-order valence-corrected chi connectivity index (χ0v) is 19.0. The number of anilines is 2. The maximum absolute atomic E-state index is 12.7. The van der Waals surface area contributed by atoms with E-state index in [1.807, 2.05) is 18.2 Å². The van der Waals surface area contributed by atoms with Crippen molar-refractivity contribution >= 4 is 29.0 Å². The summed E-state index contributed by atoms with van der Waals surface area (Å²) in [5, 5.41) is 15.4. The predicted octanol–water partition coefficient (Wildman–Crippen LogP) is 3.40. The fourth-order valence-corrected chi connectivity index (χ4v) is 4.37. The van der Waals surface area contributed by atoms with Gasteiger partial charge in [-0.25, -0.2) is 0 Å². The Morgan fingerprint density at radius 3 is 2.66 bits per heavy atom. The Bertz CT molecular complexity index is 1070. The highest BCUT2D eigenvalue weighted by Crippen LogP contribution is 2.31.